The lowest BCUT2D eigenvalue weighted by molar-refractivity contribution is 0.208. The zero-order valence-electron chi connectivity index (χ0n) is 9.38. The summed E-state index contributed by atoms with van der Waals surface area (Å²) in [7, 11) is 0. The van der Waals surface area contributed by atoms with Crippen LogP contribution in [0.1, 0.15) is 18.4 Å². The van der Waals surface area contributed by atoms with Gasteiger partial charge in [0, 0.05) is 29.7 Å². The number of likely N-dealkylation sites (tertiary alicyclic amines) is 1. The van der Waals surface area contributed by atoms with Gasteiger partial charge in [0.05, 0.1) is 0 Å². The second-order valence-electron chi connectivity index (χ2n) is 4.09. The number of nitrogens with one attached hydrogen (secondary N) is 1. The van der Waals surface area contributed by atoms with Crippen molar-refractivity contribution in [2.45, 2.75) is 19.4 Å². The van der Waals surface area contributed by atoms with E-state index in [4.69, 9.17) is 23.2 Å². The molecule has 17 heavy (non-hydrogen) atoms. The maximum atomic E-state index is 11.7. The second kappa shape index (κ2) is 5.61. The maximum absolute atomic E-state index is 11.7. The molecule has 2 amide bonds. The molecule has 1 heterocycles. The van der Waals surface area contributed by atoms with Gasteiger partial charge in [-0.3, -0.25) is 0 Å². The topological polar surface area (TPSA) is 32.3 Å². The summed E-state index contributed by atoms with van der Waals surface area (Å²) in [6.07, 6.45) is 2.18. The Hall–Kier alpha value is -0.930. The Morgan fingerprint density at radius 3 is 2.65 bits per heavy atom. The summed E-state index contributed by atoms with van der Waals surface area (Å²) in [6.45, 7) is 2.13. The number of hydrogen-bond acceptors (Lipinski definition) is 1. The van der Waals surface area contributed by atoms with E-state index in [0.29, 0.717) is 16.6 Å². The van der Waals surface area contributed by atoms with Crippen LogP contribution in [-0.4, -0.2) is 24.0 Å². The fourth-order valence-electron chi connectivity index (χ4n) is 1.87. The van der Waals surface area contributed by atoms with Crippen LogP contribution < -0.4 is 5.32 Å². The van der Waals surface area contributed by atoms with Crippen molar-refractivity contribution in [3.8, 4) is 0 Å². The summed E-state index contributed by atoms with van der Waals surface area (Å²) in [5.41, 5.74) is 0.878. The van der Waals surface area contributed by atoms with Gasteiger partial charge >= 0.3 is 6.03 Å². The first-order chi connectivity index (χ1) is 8.16. The van der Waals surface area contributed by atoms with Crippen molar-refractivity contribution in [3.05, 3.63) is 33.8 Å². The van der Waals surface area contributed by atoms with Crippen molar-refractivity contribution in [1.29, 1.82) is 0 Å². The molecule has 0 aliphatic carbocycles. The quantitative estimate of drug-likeness (QED) is 0.881. The number of benzene rings is 1. The van der Waals surface area contributed by atoms with E-state index < -0.39 is 0 Å². The third-order valence-electron chi connectivity index (χ3n) is 2.84. The van der Waals surface area contributed by atoms with Gasteiger partial charge in [-0.05, 0) is 30.5 Å². The van der Waals surface area contributed by atoms with Crippen LogP contribution in [0.25, 0.3) is 0 Å². The standard InChI is InChI=1S/C12H14Cl2N2O/c13-10-4-3-9(11(14)7-10)8-15-12(17)16-5-1-2-6-16/h3-4,7H,1-2,5-6,8H2,(H,15,17). The van der Waals surface area contributed by atoms with E-state index in [9.17, 15) is 4.79 Å². The molecule has 0 unspecified atom stereocenters. The van der Waals surface area contributed by atoms with Crippen molar-refractivity contribution in [3.63, 3.8) is 0 Å². The van der Waals surface area contributed by atoms with Crippen LogP contribution in [0.4, 0.5) is 4.79 Å². The fraction of sp³-hybridized carbons (Fsp3) is 0.417. The van der Waals surface area contributed by atoms with Gasteiger partial charge in [-0.25, -0.2) is 4.79 Å². The van der Waals surface area contributed by atoms with E-state index in [-0.39, 0.29) is 6.03 Å². The molecule has 3 nitrogen and oxygen atoms in total. The molecule has 1 N–H and O–H groups in total. The molecule has 0 radical (unpaired) electrons. The predicted octanol–water partition coefficient (Wildman–Crippen LogP) is 3.30. The van der Waals surface area contributed by atoms with Crippen LogP contribution in [0.3, 0.4) is 0 Å². The van der Waals surface area contributed by atoms with Gasteiger partial charge in [-0.1, -0.05) is 29.3 Å². The second-order valence-corrected chi connectivity index (χ2v) is 4.93. The maximum Gasteiger partial charge on any atom is 0.317 e. The molecular weight excluding hydrogens is 259 g/mol. The van der Waals surface area contributed by atoms with Crippen molar-refractivity contribution >= 4 is 29.2 Å². The van der Waals surface area contributed by atoms with Gasteiger partial charge in [-0.15, -0.1) is 0 Å². The lowest BCUT2D eigenvalue weighted by Gasteiger charge is -2.16. The number of hydrogen-bond donors (Lipinski definition) is 1. The summed E-state index contributed by atoms with van der Waals surface area (Å²) in [6, 6.07) is 5.26. The highest BCUT2D eigenvalue weighted by Crippen LogP contribution is 2.20. The van der Waals surface area contributed by atoms with E-state index in [1.165, 1.54) is 0 Å². The van der Waals surface area contributed by atoms with E-state index >= 15 is 0 Å². The van der Waals surface area contributed by atoms with Gasteiger partial charge in [0.15, 0.2) is 0 Å². The number of nitrogens with zero attached hydrogens (tertiary/aromatic N) is 1. The third-order valence-corrected chi connectivity index (χ3v) is 3.43. The number of urea groups is 1. The Balaban J connectivity index is 1.90. The molecule has 0 saturated carbocycles. The molecule has 1 fully saturated rings. The summed E-state index contributed by atoms with van der Waals surface area (Å²) >= 11 is 11.8. The van der Waals surface area contributed by atoms with E-state index in [2.05, 4.69) is 5.32 Å². The predicted molar refractivity (Wildman–Crippen MR) is 69.5 cm³/mol. The zero-order chi connectivity index (χ0) is 12.3. The van der Waals surface area contributed by atoms with Crippen LogP contribution >= 0.6 is 23.2 Å². The summed E-state index contributed by atoms with van der Waals surface area (Å²) in [5.74, 6) is 0. The highest BCUT2D eigenvalue weighted by molar-refractivity contribution is 6.35. The molecule has 0 aromatic heterocycles. The minimum Gasteiger partial charge on any atom is -0.334 e. The molecule has 0 atom stereocenters. The minimum absolute atomic E-state index is 0.0199. The molecule has 0 bridgehead atoms. The minimum atomic E-state index is -0.0199. The zero-order valence-corrected chi connectivity index (χ0v) is 10.9. The van der Waals surface area contributed by atoms with E-state index in [1.807, 2.05) is 11.0 Å². The Bertz CT molecular complexity index is 417. The number of carbonyl (C=O) groups excluding carboxylic acids is 1. The Labute approximate surface area is 111 Å². The third kappa shape index (κ3) is 3.27. The summed E-state index contributed by atoms with van der Waals surface area (Å²) < 4.78 is 0. The summed E-state index contributed by atoms with van der Waals surface area (Å²) in [4.78, 5) is 13.6. The first kappa shape index (κ1) is 12.5. The largest absolute Gasteiger partial charge is 0.334 e. The smallest absolute Gasteiger partial charge is 0.317 e. The molecule has 1 aliphatic heterocycles. The fourth-order valence-corrected chi connectivity index (χ4v) is 2.34. The molecule has 1 saturated heterocycles. The average Bonchev–Trinajstić information content (AvgIpc) is 2.81. The number of rotatable bonds is 2. The van der Waals surface area contributed by atoms with Crippen LogP contribution in [0, 0.1) is 0 Å². The Kier molecular flexibility index (Phi) is 4.13. The van der Waals surface area contributed by atoms with Gasteiger partial charge < -0.3 is 10.2 Å². The monoisotopic (exact) mass is 272 g/mol. The molecule has 5 heteroatoms. The van der Waals surface area contributed by atoms with Gasteiger partial charge in [0.1, 0.15) is 0 Å². The SMILES string of the molecule is O=C(NCc1ccc(Cl)cc1Cl)N1CCCC1. The molecule has 1 aromatic rings. The molecular formula is C12H14Cl2N2O. The number of halogens is 2. The van der Waals surface area contributed by atoms with E-state index in [0.717, 1.165) is 31.5 Å². The Morgan fingerprint density at radius 1 is 1.29 bits per heavy atom. The lowest BCUT2D eigenvalue weighted by atomic mass is 10.2. The first-order valence-electron chi connectivity index (χ1n) is 5.63. The number of amides is 2. The van der Waals surface area contributed by atoms with Gasteiger partial charge in [-0.2, -0.15) is 0 Å². The molecule has 0 spiro atoms. The first-order valence-corrected chi connectivity index (χ1v) is 6.39. The highest BCUT2D eigenvalue weighted by atomic mass is 35.5. The molecule has 92 valence electrons. The van der Waals surface area contributed by atoms with Gasteiger partial charge in [0.25, 0.3) is 0 Å². The van der Waals surface area contributed by atoms with Crippen LogP contribution in [-0.2, 0) is 6.54 Å². The lowest BCUT2D eigenvalue weighted by Crippen LogP contribution is -2.37. The van der Waals surface area contributed by atoms with Crippen molar-refractivity contribution < 1.29 is 4.79 Å². The van der Waals surface area contributed by atoms with E-state index in [1.54, 1.807) is 12.1 Å². The number of carbonyl (C=O) groups is 1. The molecule has 1 aromatic carbocycles. The van der Waals surface area contributed by atoms with Crippen LogP contribution in [0.2, 0.25) is 10.0 Å². The van der Waals surface area contributed by atoms with Crippen molar-refractivity contribution in [2.75, 3.05) is 13.1 Å². The normalized spacial score (nSPS) is 15.1. The average molecular weight is 273 g/mol. The van der Waals surface area contributed by atoms with Crippen molar-refractivity contribution in [1.82, 2.24) is 10.2 Å². The van der Waals surface area contributed by atoms with Gasteiger partial charge in [0.2, 0.25) is 0 Å². The highest BCUT2D eigenvalue weighted by Gasteiger charge is 2.17. The molecule has 2 rings (SSSR count). The Morgan fingerprint density at radius 2 is 2.00 bits per heavy atom. The summed E-state index contributed by atoms with van der Waals surface area (Å²) in [5, 5.41) is 4.04. The molecule has 1 aliphatic rings. The van der Waals surface area contributed by atoms with Crippen LogP contribution in [0.5, 0.6) is 0 Å². The van der Waals surface area contributed by atoms with Crippen molar-refractivity contribution in [2.24, 2.45) is 0 Å². The van der Waals surface area contributed by atoms with Crippen LogP contribution in [0.15, 0.2) is 18.2 Å².